The minimum absolute atomic E-state index is 0.0873. The Bertz CT molecular complexity index is 306. The third-order valence-electron chi connectivity index (χ3n) is 2.38. The van der Waals surface area contributed by atoms with E-state index >= 15 is 0 Å². The predicted molar refractivity (Wildman–Crippen MR) is 57.7 cm³/mol. The zero-order valence-electron chi connectivity index (χ0n) is 9.19. The van der Waals surface area contributed by atoms with Crippen LogP contribution in [0.1, 0.15) is 38.3 Å². The van der Waals surface area contributed by atoms with Gasteiger partial charge in [0.15, 0.2) is 11.6 Å². The molecule has 1 rings (SSSR count). The van der Waals surface area contributed by atoms with Gasteiger partial charge < -0.3 is 5.32 Å². The van der Waals surface area contributed by atoms with E-state index in [1.807, 2.05) is 13.8 Å². The first-order valence-electron chi connectivity index (χ1n) is 5.38. The van der Waals surface area contributed by atoms with E-state index < -0.39 is 11.6 Å². The molecule has 3 heteroatoms. The molecule has 0 aliphatic heterocycles. The smallest absolute Gasteiger partial charge is 0.163 e. The van der Waals surface area contributed by atoms with Gasteiger partial charge in [-0.05, 0) is 19.0 Å². The van der Waals surface area contributed by atoms with Crippen LogP contribution in [0, 0.1) is 11.6 Å². The van der Waals surface area contributed by atoms with Gasteiger partial charge in [0.25, 0.3) is 0 Å². The number of benzene rings is 1. The number of hydrogen-bond acceptors (Lipinski definition) is 1. The van der Waals surface area contributed by atoms with Gasteiger partial charge in [0.1, 0.15) is 0 Å². The predicted octanol–water partition coefficient (Wildman–Crippen LogP) is 3.42. The molecule has 0 aromatic heterocycles. The summed E-state index contributed by atoms with van der Waals surface area (Å²) in [4.78, 5) is 0. The highest BCUT2D eigenvalue weighted by Crippen LogP contribution is 2.22. The van der Waals surface area contributed by atoms with E-state index in [-0.39, 0.29) is 6.04 Å². The summed E-state index contributed by atoms with van der Waals surface area (Å²) in [5, 5.41) is 3.16. The topological polar surface area (TPSA) is 12.0 Å². The van der Waals surface area contributed by atoms with Crippen LogP contribution < -0.4 is 5.32 Å². The first-order chi connectivity index (χ1) is 7.20. The summed E-state index contributed by atoms with van der Waals surface area (Å²) >= 11 is 0. The summed E-state index contributed by atoms with van der Waals surface area (Å²) in [6.45, 7) is 4.74. The molecular weight excluding hydrogens is 196 g/mol. The second kappa shape index (κ2) is 5.81. The zero-order valence-corrected chi connectivity index (χ0v) is 9.19. The van der Waals surface area contributed by atoms with E-state index in [9.17, 15) is 8.78 Å². The van der Waals surface area contributed by atoms with Gasteiger partial charge in [-0.3, -0.25) is 0 Å². The zero-order chi connectivity index (χ0) is 11.3. The van der Waals surface area contributed by atoms with Gasteiger partial charge in [-0.15, -0.1) is 0 Å². The molecule has 1 unspecified atom stereocenters. The third kappa shape index (κ3) is 2.99. The number of halogens is 2. The summed E-state index contributed by atoms with van der Waals surface area (Å²) in [6, 6.07) is 4.25. The Kier molecular flexibility index (Phi) is 4.69. The minimum Gasteiger partial charge on any atom is -0.310 e. The standard InChI is InChI=1S/C12H17F2N/c1-3-6-11(15-4-2)9-7-5-8-10(13)12(9)14/h5,7-8,11,15H,3-4,6H2,1-2H3. The molecule has 0 aliphatic carbocycles. The van der Waals surface area contributed by atoms with Crippen molar-refractivity contribution in [2.45, 2.75) is 32.7 Å². The van der Waals surface area contributed by atoms with Gasteiger partial charge in [0.2, 0.25) is 0 Å². The van der Waals surface area contributed by atoms with E-state index in [2.05, 4.69) is 5.32 Å². The van der Waals surface area contributed by atoms with Crippen LogP contribution in [0.15, 0.2) is 18.2 Å². The van der Waals surface area contributed by atoms with Crippen LogP contribution >= 0.6 is 0 Å². The molecule has 1 atom stereocenters. The fourth-order valence-electron chi connectivity index (χ4n) is 1.69. The fraction of sp³-hybridized carbons (Fsp3) is 0.500. The molecule has 1 nitrogen and oxygen atoms in total. The van der Waals surface area contributed by atoms with Crippen molar-refractivity contribution in [3.63, 3.8) is 0 Å². The first-order valence-corrected chi connectivity index (χ1v) is 5.38. The summed E-state index contributed by atoms with van der Waals surface area (Å²) < 4.78 is 26.5. The van der Waals surface area contributed by atoms with Crippen LogP contribution in [0.3, 0.4) is 0 Å². The Morgan fingerprint density at radius 3 is 2.60 bits per heavy atom. The van der Waals surface area contributed by atoms with Gasteiger partial charge in [-0.25, -0.2) is 8.78 Å². The van der Waals surface area contributed by atoms with E-state index in [1.165, 1.54) is 0 Å². The molecule has 0 fully saturated rings. The maximum atomic E-state index is 13.5. The lowest BCUT2D eigenvalue weighted by atomic mass is 10.0. The van der Waals surface area contributed by atoms with Gasteiger partial charge >= 0.3 is 0 Å². The normalized spacial score (nSPS) is 12.8. The second-order valence-electron chi connectivity index (χ2n) is 3.54. The summed E-state index contributed by atoms with van der Waals surface area (Å²) in [7, 11) is 0. The molecule has 1 aromatic rings. The second-order valence-corrected chi connectivity index (χ2v) is 3.54. The summed E-state index contributed by atoms with van der Waals surface area (Å²) in [5.74, 6) is -1.50. The van der Waals surface area contributed by atoms with E-state index in [0.717, 1.165) is 25.5 Å². The van der Waals surface area contributed by atoms with Crippen molar-refractivity contribution in [2.75, 3.05) is 6.54 Å². The van der Waals surface area contributed by atoms with Gasteiger partial charge in [0, 0.05) is 11.6 Å². The highest BCUT2D eigenvalue weighted by Gasteiger charge is 2.16. The SMILES string of the molecule is CCCC(NCC)c1cccc(F)c1F. The molecule has 0 spiro atoms. The maximum absolute atomic E-state index is 13.5. The molecule has 0 aliphatic rings. The lowest BCUT2D eigenvalue weighted by Gasteiger charge is -2.18. The van der Waals surface area contributed by atoms with E-state index in [1.54, 1.807) is 12.1 Å². The van der Waals surface area contributed by atoms with Crippen molar-refractivity contribution in [1.82, 2.24) is 5.32 Å². The molecular formula is C12H17F2N. The van der Waals surface area contributed by atoms with E-state index in [0.29, 0.717) is 5.56 Å². The lowest BCUT2D eigenvalue weighted by Crippen LogP contribution is -2.22. The molecule has 0 bridgehead atoms. The molecule has 1 N–H and O–H groups in total. The molecule has 0 saturated heterocycles. The van der Waals surface area contributed by atoms with Crippen molar-refractivity contribution in [1.29, 1.82) is 0 Å². The van der Waals surface area contributed by atoms with Crippen LogP contribution in [-0.2, 0) is 0 Å². The van der Waals surface area contributed by atoms with Crippen LogP contribution in [0.25, 0.3) is 0 Å². The number of nitrogens with one attached hydrogen (secondary N) is 1. The Morgan fingerprint density at radius 2 is 2.00 bits per heavy atom. The van der Waals surface area contributed by atoms with Crippen LogP contribution in [0.4, 0.5) is 8.78 Å². The minimum atomic E-state index is -0.772. The van der Waals surface area contributed by atoms with Crippen molar-refractivity contribution in [3.8, 4) is 0 Å². The Morgan fingerprint density at radius 1 is 1.27 bits per heavy atom. The molecule has 15 heavy (non-hydrogen) atoms. The van der Waals surface area contributed by atoms with Crippen LogP contribution in [0.2, 0.25) is 0 Å². The van der Waals surface area contributed by atoms with Crippen molar-refractivity contribution >= 4 is 0 Å². The lowest BCUT2D eigenvalue weighted by molar-refractivity contribution is 0.450. The molecule has 0 amide bonds. The third-order valence-corrected chi connectivity index (χ3v) is 2.38. The molecule has 84 valence electrons. The monoisotopic (exact) mass is 213 g/mol. The average Bonchev–Trinajstić information content (AvgIpc) is 2.22. The Hall–Kier alpha value is -0.960. The summed E-state index contributed by atoms with van der Waals surface area (Å²) in [6.07, 6.45) is 1.75. The summed E-state index contributed by atoms with van der Waals surface area (Å²) in [5.41, 5.74) is 0.429. The number of rotatable bonds is 5. The highest BCUT2D eigenvalue weighted by molar-refractivity contribution is 5.22. The van der Waals surface area contributed by atoms with Crippen LogP contribution in [0.5, 0.6) is 0 Å². The van der Waals surface area contributed by atoms with Crippen molar-refractivity contribution in [2.24, 2.45) is 0 Å². The molecule has 0 heterocycles. The Balaban J connectivity index is 2.94. The highest BCUT2D eigenvalue weighted by atomic mass is 19.2. The van der Waals surface area contributed by atoms with Gasteiger partial charge in [0.05, 0.1) is 0 Å². The van der Waals surface area contributed by atoms with Gasteiger partial charge in [-0.2, -0.15) is 0 Å². The molecule has 0 saturated carbocycles. The van der Waals surface area contributed by atoms with E-state index in [4.69, 9.17) is 0 Å². The van der Waals surface area contributed by atoms with Gasteiger partial charge in [-0.1, -0.05) is 32.4 Å². The molecule has 1 aromatic carbocycles. The maximum Gasteiger partial charge on any atom is 0.163 e. The number of hydrogen-bond donors (Lipinski definition) is 1. The van der Waals surface area contributed by atoms with Crippen molar-refractivity contribution < 1.29 is 8.78 Å². The largest absolute Gasteiger partial charge is 0.310 e. The first kappa shape index (κ1) is 12.1. The van der Waals surface area contributed by atoms with Crippen molar-refractivity contribution in [3.05, 3.63) is 35.4 Å². The molecule has 0 radical (unpaired) electrons. The van der Waals surface area contributed by atoms with Crippen LogP contribution in [-0.4, -0.2) is 6.54 Å². The Labute approximate surface area is 89.5 Å². The average molecular weight is 213 g/mol. The quantitative estimate of drug-likeness (QED) is 0.790. The fourth-order valence-corrected chi connectivity index (χ4v) is 1.69.